The summed E-state index contributed by atoms with van der Waals surface area (Å²) in [6, 6.07) is 0. The van der Waals surface area contributed by atoms with E-state index in [4.69, 9.17) is 4.74 Å². The first-order valence-corrected chi connectivity index (χ1v) is 7.55. The largest absolute Gasteiger partial charge is 0.381 e. The minimum atomic E-state index is -3.06. The Balaban J connectivity index is 1.85. The molecule has 2 aliphatic heterocycles. The molecule has 0 aromatic heterocycles. The van der Waals surface area contributed by atoms with Crippen molar-refractivity contribution in [1.82, 2.24) is 4.31 Å². The van der Waals surface area contributed by atoms with E-state index in [2.05, 4.69) is 0 Å². The minimum absolute atomic E-state index is 0.0807. The van der Waals surface area contributed by atoms with Crippen LogP contribution in [0.3, 0.4) is 0 Å². The van der Waals surface area contributed by atoms with Gasteiger partial charge in [-0.25, -0.2) is 8.42 Å². The summed E-state index contributed by atoms with van der Waals surface area (Å²) in [5.41, 5.74) is -0.0807. The first kappa shape index (κ1) is 11.0. The monoisotopic (exact) mass is 245 g/mol. The van der Waals surface area contributed by atoms with Crippen LogP contribution in [0, 0.1) is 0 Å². The highest BCUT2D eigenvalue weighted by molar-refractivity contribution is 7.90. The molecule has 92 valence electrons. The zero-order valence-corrected chi connectivity index (χ0v) is 10.6. The maximum Gasteiger partial charge on any atom is 0.220 e. The lowest BCUT2D eigenvalue weighted by Crippen LogP contribution is -2.65. The number of sulfonamides is 1. The Morgan fingerprint density at radius 3 is 2.12 bits per heavy atom. The molecule has 0 bridgehead atoms. The van der Waals surface area contributed by atoms with E-state index in [1.807, 2.05) is 6.92 Å². The molecular formula is C11H19NO3S. The normalized spacial score (nSPS) is 32.3. The summed E-state index contributed by atoms with van der Waals surface area (Å²) in [5, 5.41) is 0. The third-order valence-corrected chi connectivity index (χ3v) is 7.40. The van der Waals surface area contributed by atoms with E-state index in [1.165, 1.54) is 0 Å². The van der Waals surface area contributed by atoms with E-state index in [0.717, 1.165) is 38.6 Å². The molecule has 1 spiro atoms. The molecule has 5 heteroatoms. The molecule has 4 nitrogen and oxygen atoms in total. The van der Waals surface area contributed by atoms with Crippen molar-refractivity contribution in [2.24, 2.45) is 0 Å². The van der Waals surface area contributed by atoms with E-state index >= 15 is 0 Å². The van der Waals surface area contributed by atoms with Crippen LogP contribution in [-0.4, -0.2) is 42.8 Å². The molecule has 0 aromatic carbocycles. The molecule has 3 aliphatic rings. The fourth-order valence-electron chi connectivity index (χ4n) is 2.85. The second-order valence-electron chi connectivity index (χ2n) is 5.61. The molecule has 0 atom stereocenters. The van der Waals surface area contributed by atoms with Gasteiger partial charge in [-0.3, -0.25) is 0 Å². The van der Waals surface area contributed by atoms with Gasteiger partial charge in [0.15, 0.2) is 0 Å². The van der Waals surface area contributed by atoms with Crippen LogP contribution in [0.4, 0.5) is 0 Å². The summed E-state index contributed by atoms with van der Waals surface area (Å²) in [5.74, 6) is 0. The van der Waals surface area contributed by atoms with Gasteiger partial charge in [0.2, 0.25) is 10.0 Å². The molecule has 0 radical (unpaired) electrons. The molecule has 2 saturated heterocycles. The maximum absolute atomic E-state index is 12.5. The summed E-state index contributed by atoms with van der Waals surface area (Å²) in [6.07, 6.45) is 4.44. The van der Waals surface area contributed by atoms with Gasteiger partial charge >= 0.3 is 0 Å². The summed E-state index contributed by atoms with van der Waals surface area (Å²) in [7, 11) is -3.06. The summed E-state index contributed by atoms with van der Waals surface area (Å²) < 4.78 is 31.6. The molecule has 0 N–H and O–H groups in total. The Hall–Kier alpha value is -0.130. The Bertz CT molecular complexity index is 393. The van der Waals surface area contributed by atoms with Crippen molar-refractivity contribution in [2.45, 2.75) is 49.3 Å². The van der Waals surface area contributed by atoms with Gasteiger partial charge in [0, 0.05) is 25.3 Å². The molecule has 16 heavy (non-hydrogen) atoms. The zero-order valence-electron chi connectivity index (χ0n) is 9.74. The minimum Gasteiger partial charge on any atom is -0.381 e. The van der Waals surface area contributed by atoms with Gasteiger partial charge in [-0.2, -0.15) is 4.31 Å². The lowest BCUT2D eigenvalue weighted by Gasteiger charge is -2.54. The molecule has 0 amide bonds. The van der Waals surface area contributed by atoms with Gasteiger partial charge < -0.3 is 4.74 Å². The second-order valence-corrected chi connectivity index (χ2v) is 7.99. The van der Waals surface area contributed by atoms with Gasteiger partial charge in [0.25, 0.3) is 0 Å². The molecule has 1 saturated carbocycles. The quantitative estimate of drug-likeness (QED) is 0.732. The van der Waals surface area contributed by atoms with Crippen LogP contribution in [0.5, 0.6) is 0 Å². The maximum atomic E-state index is 12.5. The van der Waals surface area contributed by atoms with Crippen molar-refractivity contribution < 1.29 is 13.2 Å². The van der Waals surface area contributed by atoms with E-state index in [0.29, 0.717) is 13.2 Å². The fourth-order valence-corrected chi connectivity index (χ4v) is 5.11. The molecule has 2 heterocycles. The van der Waals surface area contributed by atoms with Crippen molar-refractivity contribution in [1.29, 1.82) is 0 Å². The topological polar surface area (TPSA) is 46.6 Å². The summed E-state index contributed by atoms with van der Waals surface area (Å²) >= 11 is 0. The Morgan fingerprint density at radius 1 is 1.06 bits per heavy atom. The van der Waals surface area contributed by atoms with E-state index in [9.17, 15) is 8.42 Å². The van der Waals surface area contributed by atoms with Crippen LogP contribution < -0.4 is 0 Å². The third-order valence-electron chi connectivity index (χ3n) is 4.60. The molecule has 1 aliphatic carbocycles. The van der Waals surface area contributed by atoms with Crippen molar-refractivity contribution in [2.75, 3.05) is 19.8 Å². The van der Waals surface area contributed by atoms with Gasteiger partial charge in [0.05, 0.1) is 4.75 Å². The van der Waals surface area contributed by atoms with Crippen molar-refractivity contribution >= 4 is 10.0 Å². The second kappa shape index (κ2) is 3.21. The van der Waals surface area contributed by atoms with E-state index in [-0.39, 0.29) is 5.54 Å². The number of ether oxygens (including phenoxy) is 1. The Labute approximate surface area is 97.0 Å². The highest BCUT2D eigenvalue weighted by Gasteiger charge is 2.60. The zero-order chi connectivity index (χ0) is 11.4. The van der Waals surface area contributed by atoms with Gasteiger partial charge in [-0.05, 0) is 39.0 Å². The van der Waals surface area contributed by atoms with Gasteiger partial charge in [-0.15, -0.1) is 0 Å². The summed E-state index contributed by atoms with van der Waals surface area (Å²) in [6.45, 7) is 4.02. The predicted molar refractivity (Wildman–Crippen MR) is 60.7 cm³/mol. The Kier molecular flexibility index (Phi) is 2.20. The number of hydrogen-bond acceptors (Lipinski definition) is 3. The molecule has 3 fully saturated rings. The SMILES string of the molecule is CC1(S(=O)(=O)N2CCC23CCOCC3)CC1. The predicted octanol–water partition coefficient (Wildman–Crippen LogP) is 1.12. The molecule has 3 rings (SSSR count). The van der Waals surface area contributed by atoms with Crippen molar-refractivity contribution in [3.8, 4) is 0 Å². The standard InChI is InChI=1S/C11H19NO3S/c1-10(2-3-10)16(13,14)12-7-4-11(12)5-8-15-9-6-11/h2-9H2,1H3. The van der Waals surface area contributed by atoms with Crippen LogP contribution in [0.2, 0.25) is 0 Å². The van der Waals surface area contributed by atoms with Gasteiger partial charge in [0.1, 0.15) is 0 Å². The lowest BCUT2D eigenvalue weighted by atomic mass is 9.81. The molecule has 0 unspecified atom stereocenters. The van der Waals surface area contributed by atoms with Crippen LogP contribution in [-0.2, 0) is 14.8 Å². The van der Waals surface area contributed by atoms with Crippen LogP contribution in [0.15, 0.2) is 0 Å². The van der Waals surface area contributed by atoms with Gasteiger partial charge in [-0.1, -0.05) is 0 Å². The van der Waals surface area contributed by atoms with Crippen molar-refractivity contribution in [3.63, 3.8) is 0 Å². The van der Waals surface area contributed by atoms with E-state index in [1.54, 1.807) is 4.31 Å². The highest BCUT2D eigenvalue weighted by atomic mass is 32.2. The fraction of sp³-hybridized carbons (Fsp3) is 1.00. The number of nitrogens with zero attached hydrogens (tertiary/aromatic N) is 1. The highest BCUT2D eigenvalue weighted by Crippen LogP contribution is 2.51. The first-order valence-electron chi connectivity index (χ1n) is 6.10. The molecule has 0 aromatic rings. The number of rotatable bonds is 2. The van der Waals surface area contributed by atoms with Crippen molar-refractivity contribution in [3.05, 3.63) is 0 Å². The van der Waals surface area contributed by atoms with E-state index < -0.39 is 14.8 Å². The van der Waals surface area contributed by atoms with Crippen LogP contribution in [0.25, 0.3) is 0 Å². The van der Waals surface area contributed by atoms with Crippen LogP contribution >= 0.6 is 0 Å². The first-order chi connectivity index (χ1) is 7.50. The lowest BCUT2D eigenvalue weighted by molar-refractivity contribution is -0.0431. The average Bonchev–Trinajstić information content (AvgIpc) is 2.97. The third kappa shape index (κ3) is 1.31. The Morgan fingerprint density at radius 2 is 1.69 bits per heavy atom. The van der Waals surface area contributed by atoms with Crippen LogP contribution in [0.1, 0.15) is 39.0 Å². The summed E-state index contributed by atoms with van der Waals surface area (Å²) in [4.78, 5) is 0. The molecular weight excluding hydrogens is 226 g/mol. The average molecular weight is 245 g/mol. The number of hydrogen-bond donors (Lipinski definition) is 0. The smallest absolute Gasteiger partial charge is 0.220 e.